The topological polar surface area (TPSA) is 29.1 Å². The van der Waals surface area contributed by atoms with E-state index in [4.69, 9.17) is 11.6 Å². The zero-order valence-electron chi connectivity index (χ0n) is 16.5. The number of hydrogen-bond acceptors (Lipinski definition) is 2. The third kappa shape index (κ3) is 3.59. The summed E-state index contributed by atoms with van der Waals surface area (Å²) in [5.74, 6) is 0.775. The summed E-state index contributed by atoms with van der Waals surface area (Å²) in [6.45, 7) is 0. The minimum atomic E-state index is 0.0278. The number of carbonyl (C=O) groups excluding carboxylic acids is 1. The average molecular weight is 412 g/mol. The summed E-state index contributed by atoms with van der Waals surface area (Å²) in [5.41, 5.74) is 5.31. The highest BCUT2D eigenvalue weighted by Gasteiger charge is 2.38. The second kappa shape index (κ2) is 7.97. The molecule has 0 saturated heterocycles. The summed E-state index contributed by atoms with van der Waals surface area (Å²) in [6, 6.07) is 24.3. The molecule has 0 fully saturated rings. The molecule has 1 heterocycles. The summed E-state index contributed by atoms with van der Waals surface area (Å²) in [7, 11) is 0. The van der Waals surface area contributed by atoms with Crippen molar-refractivity contribution in [2.24, 2.45) is 5.92 Å². The Balaban J connectivity index is 1.44. The van der Waals surface area contributed by atoms with Crippen molar-refractivity contribution >= 4 is 29.1 Å². The number of benzene rings is 3. The van der Waals surface area contributed by atoms with Crippen LogP contribution in [0.2, 0.25) is 5.02 Å². The van der Waals surface area contributed by atoms with Crippen LogP contribution in [-0.4, -0.2) is 5.78 Å². The minimum Gasteiger partial charge on any atom is -0.378 e. The molecule has 3 atom stereocenters. The molecule has 0 unspecified atom stereocenters. The first-order valence-electron chi connectivity index (χ1n) is 10.3. The Morgan fingerprint density at radius 3 is 2.60 bits per heavy atom. The van der Waals surface area contributed by atoms with Gasteiger partial charge in [-0.05, 0) is 65.4 Å². The van der Waals surface area contributed by atoms with Crippen LogP contribution in [0.1, 0.15) is 45.4 Å². The van der Waals surface area contributed by atoms with E-state index in [9.17, 15) is 4.79 Å². The van der Waals surface area contributed by atoms with Crippen molar-refractivity contribution in [2.75, 3.05) is 5.32 Å². The molecule has 3 aromatic rings. The van der Waals surface area contributed by atoms with Crippen LogP contribution in [0, 0.1) is 5.92 Å². The SMILES string of the molecule is O=C(/C=C/c1ccccc1)c1ccc2c(c1)[C@@H]1C=CC[C@@H]1[C@@H](c1ccc(Cl)cc1)N2. The second-order valence-electron chi connectivity index (χ2n) is 7.94. The van der Waals surface area contributed by atoms with E-state index < -0.39 is 0 Å². The van der Waals surface area contributed by atoms with Crippen molar-refractivity contribution in [1.82, 2.24) is 0 Å². The molecule has 1 aliphatic heterocycles. The van der Waals surface area contributed by atoms with Crippen LogP contribution >= 0.6 is 11.6 Å². The Hall–Kier alpha value is -3.10. The average Bonchev–Trinajstić information content (AvgIpc) is 3.28. The lowest BCUT2D eigenvalue weighted by Gasteiger charge is -2.37. The van der Waals surface area contributed by atoms with Crippen LogP contribution in [-0.2, 0) is 0 Å². The predicted octanol–water partition coefficient (Wildman–Crippen LogP) is 7.06. The Bertz CT molecular complexity index is 1130. The molecular formula is C27H22ClNO. The molecule has 3 aromatic carbocycles. The molecule has 0 radical (unpaired) electrons. The van der Waals surface area contributed by atoms with Gasteiger partial charge in [0.25, 0.3) is 0 Å². The van der Waals surface area contributed by atoms with Crippen LogP contribution in [0.5, 0.6) is 0 Å². The van der Waals surface area contributed by atoms with Gasteiger partial charge in [0.2, 0.25) is 0 Å². The van der Waals surface area contributed by atoms with Gasteiger partial charge >= 0.3 is 0 Å². The van der Waals surface area contributed by atoms with Crippen molar-refractivity contribution in [1.29, 1.82) is 0 Å². The second-order valence-corrected chi connectivity index (χ2v) is 8.37. The quantitative estimate of drug-likeness (QED) is 0.283. The maximum atomic E-state index is 12.8. The van der Waals surface area contributed by atoms with Crippen LogP contribution in [0.3, 0.4) is 0 Å². The van der Waals surface area contributed by atoms with E-state index in [0.717, 1.165) is 28.3 Å². The first-order valence-corrected chi connectivity index (χ1v) is 10.7. The Kier molecular flexibility index (Phi) is 5.02. The standard InChI is InChI=1S/C27H22ClNO/c28-21-13-10-19(11-14-21)27-23-8-4-7-22(23)24-17-20(12-15-25(24)29-27)26(30)16-9-18-5-2-1-3-6-18/h1-7,9-17,22-23,27,29H,8H2/b16-9+/t22-,23+,27-/m1/s1. The van der Waals surface area contributed by atoms with Crippen LogP contribution in [0.15, 0.2) is 91.0 Å². The summed E-state index contributed by atoms with van der Waals surface area (Å²) in [6.07, 6.45) is 9.11. The fourth-order valence-electron chi connectivity index (χ4n) is 4.58. The molecule has 30 heavy (non-hydrogen) atoms. The minimum absolute atomic E-state index is 0.0278. The van der Waals surface area contributed by atoms with Crippen LogP contribution < -0.4 is 5.32 Å². The number of anilines is 1. The van der Waals surface area contributed by atoms with Gasteiger partial charge in [-0.2, -0.15) is 0 Å². The molecule has 148 valence electrons. The molecule has 2 nitrogen and oxygen atoms in total. The van der Waals surface area contributed by atoms with E-state index in [-0.39, 0.29) is 11.8 Å². The number of halogens is 1. The molecule has 0 amide bonds. The number of carbonyl (C=O) groups is 1. The molecule has 5 rings (SSSR count). The molecule has 1 aliphatic carbocycles. The molecule has 2 aliphatic rings. The maximum absolute atomic E-state index is 12.8. The Morgan fingerprint density at radius 2 is 1.80 bits per heavy atom. The maximum Gasteiger partial charge on any atom is 0.185 e. The van der Waals surface area contributed by atoms with E-state index in [1.807, 2.05) is 60.7 Å². The molecule has 3 heteroatoms. The van der Waals surface area contributed by atoms with Gasteiger partial charge in [0, 0.05) is 22.2 Å². The fourth-order valence-corrected chi connectivity index (χ4v) is 4.71. The Morgan fingerprint density at radius 1 is 1.00 bits per heavy atom. The number of allylic oxidation sites excluding steroid dienone is 3. The molecule has 0 spiro atoms. The van der Waals surface area contributed by atoms with Crippen molar-refractivity contribution in [3.63, 3.8) is 0 Å². The van der Waals surface area contributed by atoms with Crippen molar-refractivity contribution in [3.05, 3.63) is 118 Å². The van der Waals surface area contributed by atoms with Gasteiger partial charge in [0.15, 0.2) is 5.78 Å². The van der Waals surface area contributed by atoms with E-state index in [1.165, 1.54) is 11.1 Å². The normalized spacial score (nSPS) is 21.8. The first-order chi connectivity index (χ1) is 14.7. The summed E-state index contributed by atoms with van der Waals surface area (Å²) in [4.78, 5) is 12.8. The first kappa shape index (κ1) is 18.9. The van der Waals surface area contributed by atoms with Gasteiger partial charge in [0.05, 0.1) is 6.04 Å². The summed E-state index contributed by atoms with van der Waals surface area (Å²) < 4.78 is 0. The predicted molar refractivity (Wildman–Crippen MR) is 124 cm³/mol. The molecule has 1 N–H and O–H groups in total. The zero-order chi connectivity index (χ0) is 20.5. The number of ketones is 1. The fraction of sp³-hybridized carbons (Fsp3) is 0.148. The largest absolute Gasteiger partial charge is 0.378 e. The monoisotopic (exact) mass is 411 g/mol. The van der Waals surface area contributed by atoms with Gasteiger partial charge in [0.1, 0.15) is 0 Å². The lowest BCUT2D eigenvalue weighted by Crippen LogP contribution is -2.29. The zero-order valence-corrected chi connectivity index (χ0v) is 17.2. The highest BCUT2D eigenvalue weighted by atomic mass is 35.5. The van der Waals surface area contributed by atoms with Crippen LogP contribution in [0.4, 0.5) is 5.69 Å². The lowest BCUT2D eigenvalue weighted by molar-refractivity contribution is 0.104. The molecule has 0 bridgehead atoms. The van der Waals surface area contributed by atoms with Gasteiger partial charge in [-0.15, -0.1) is 0 Å². The van der Waals surface area contributed by atoms with Crippen molar-refractivity contribution in [3.8, 4) is 0 Å². The number of rotatable bonds is 4. The summed E-state index contributed by atoms with van der Waals surface area (Å²) >= 11 is 6.08. The lowest BCUT2D eigenvalue weighted by atomic mass is 9.76. The van der Waals surface area contributed by atoms with Crippen molar-refractivity contribution in [2.45, 2.75) is 18.4 Å². The highest BCUT2D eigenvalue weighted by molar-refractivity contribution is 6.30. The van der Waals surface area contributed by atoms with E-state index in [1.54, 1.807) is 6.08 Å². The van der Waals surface area contributed by atoms with Crippen molar-refractivity contribution < 1.29 is 4.79 Å². The van der Waals surface area contributed by atoms with Gasteiger partial charge in [-0.25, -0.2) is 0 Å². The smallest absolute Gasteiger partial charge is 0.185 e. The van der Waals surface area contributed by atoms with Gasteiger partial charge in [-0.3, -0.25) is 4.79 Å². The van der Waals surface area contributed by atoms with Crippen LogP contribution in [0.25, 0.3) is 6.08 Å². The van der Waals surface area contributed by atoms with E-state index >= 15 is 0 Å². The third-order valence-corrected chi connectivity index (χ3v) is 6.36. The molecule has 0 aromatic heterocycles. The Labute approximate surface area is 181 Å². The van der Waals surface area contributed by atoms with Gasteiger partial charge in [-0.1, -0.05) is 72.3 Å². The van der Waals surface area contributed by atoms with Gasteiger partial charge < -0.3 is 5.32 Å². The number of fused-ring (bicyclic) bond motifs is 3. The van der Waals surface area contributed by atoms with E-state index in [0.29, 0.717) is 11.8 Å². The van der Waals surface area contributed by atoms with E-state index in [2.05, 4.69) is 35.7 Å². The number of nitrogens with one attached hydrogen (secondary N) is 1. The number of hydrogen-bond donors (Lipinski definition) is 1. The summed E-state index contributed by atoms with van der Waals surface area (Å²) in [5, 5.41) is 4.47. The molecular weight excluding hydrogens is 390 g/mol. The third-order valence-electron chi connectivity index (χ3n) is 6.10. The highest BCUT2D eigenvalue weighted by Crippen LogP contribution is 2.50. The molecule has 0 saturated carbocycles.